The van der Waals surface area contributed by atoms with Gasteiger partial charge in [-0.2, -0.15) is 0 Å². The Hall–Kier alpha value is -3.92. The van der Waals surface area contributed by atoms with Gasteiger partial charge >= 0.3 is 0 Å². The van der Waals surface area contributed by atoms with E-state index in [0.717, 1.165) is 40.2 Å². The minimum absolute atomic E-state index is 0.266. The Morgan fingerprint density at radius 1 is 0.545 bits per heavy atom. The van der Waals surface area contributed by atoms with Crippen LogP contribution in [0.2, 0.25) is 0 Å². The zero-order valence-corrected chi connectivity index (χ0v) is 18.6. The molecule has 33 heavy (non-hydrogen) atoms. The van der Waals surface area contributed by atoms with Crippen molar-refractivity contribution in [3.8, 4) is 45.3 Å². The van der Waals surface area contributed by atoms with Crippen molar-refractivity contribution in [2.24, 2.45) is 5.92 Å². The average Bonchev–Trinajstić information content (AvgIpc) is 2.85. The van der Waals surface area contributed by atoms with E-state index in [1.54, 1.807) is 24.3 Å². The predicted molar refractivity (Wildman–Crippen MR) is 132 cm³/mol. The van der Waals surface area contributed by atoms with Crippen molar-refractivity contribution < 1.29 is 19.7 Å². The van der Waals surface area contributed by atoms with Gasteiger partial charge in [-0.15, -0.1) is 0 Å². The number of phenolic OH excluding ortho intramolecular Hbond substituents is 2. The lowest BCUT2D eigenvalue weighted by Gasteiger charge is -2.14. The highest BCUT2D eigenvalue weighted by molar-refractivity contribution is 5.65. The van der Waals surface area contributed by atoms with E-state index in [2.05, 4.69) is 6.92 Å². The summed E-state index contributed by atoms with van der Waals surface area (Å²) in [4.78, 5) is 0. The van der Waals surface area contributed by atoms with Crippen LogP contribution < -0.4 is 9.47 Å². The second-order valence-electron chi connectivity index (χ2n) is 8.20. The van der Waals surface area contributed by atoms with Gasteiger partial charge in [0.2, 0.25) is 0 Å². The summed E-state index contributed by atoms with van der Waals surface area (Å²) in [5.74, 6) is 2.58. The van der Waals surface area contributed by atoms with Gasteiger partial charge in [-0.25, -0.2) is 0 Å². The largest absolute Gasteiger partial charge is 0.508 e. The van der Waals surface area contributed by atoms with E-state index in [1.807, 2.05) is 72.8 Å². The van der Waals surface area contributed by atoms with Gasteiger partial charge in [-0.1, -0.05) is 55.5 Å². The van der Waals surface area contributed by atoms with Crippen LogP contribution in [0, 0.1) is 5.92 Å². The highest BCUT2D eigenvalue weighted by atomic mass is 16.5. The highest BCUT2D eigenvalue weighted by Gasteiger charge is 2.06. The summed E-state index contributed by atoms with van der Waals surface area (Å²) in [5, 5.41) is 18.8. The molecular weight excluding hydrogens is 412 g/mol. The standard InChI is InChI=1S/C29H28O4/c1-21(20-33-29-16-8-25(9-17-29)23-4-12-27(31)13-5-23)18-19-32-28-14-6-24(7-15-28)22-2-10-26(30)11-3-22/h2-17,21,30-31H,18-20H2,1H3. The highest BCUT2D eigenvalue weighted by Crippen LogP contribution is 2.26. The second kappa shape index (κ2) is 10.6. The van der Waals surface area contributed by atoms with Gasteiger partial charge in [0.15, 0.2) is 0 Å². The quantitative estimate of drug-likeness (QED) is 0.297. The smallest absolute Gasteiger partial charge is 0.119 e. The van der Waals surface area contributed by atoms with Crippen molar-refractivity contribution in [3.63, 3.8) is 0 Å². The van der Waals surface area contributed by atoms with Gasteiger partial charge < -0.3 is 19.7 Å². The molecule has 0 bridgehead atoms. The van der Waals surface area contributed by atoms with Crippen LogP contribution in [-0.4, -0.2) is 23.4 Å². The molecule has 168 valence electrons. The van der Waals surface area contributed by atoms with Crippen LogP contribution >= 0.6 is 0 Å². The van der Waals surface area contributed by atoms with Crippen molar-refractivity contribution in [2.75, 3.05) is 13.2 Å². The summed E-state index contributed by atoms with van der Waals surface area (Å²) in [6, 6.07) is 30.3. The lowest BCUT2D eigenvalue weighted by atomic mass is 10.1. The third-order valence-corrected chi connectivity index (χ3v) is 5.52. The summed E-state index contributed by atoms with van der Waals surface area (Å²) in [5.41, 5.74) is 4.28. The topological polar surface area (TPSA) is 58.9 Å². The normalized spacial score (nSPS) is 11.7. The fourth-order valence-corrected chi connectivity index (χ4v) is 3.49. The first kappa shape index (κ1) is 22.3. The fourth-order valence-electron chi connectivity index (χ4n) is 3.49. The molecule has 0 fully saturated rings. The lowest BCUT2D eigenvalue weighted by molar-refractivity contribution is 0.217. The molecule has 0 spiro atoms. The molecule has 0 aliphatic carbocycles. The molecule has 1 atom stereocenters. The van der Waals surface area contributed by atoms with Crippen molar-refractivity contribution in [2.45, 2.75) is 13.3 Å². The van der Waals surface area contributed by atoms with E-state index in [-0.39, 0.29) is 11.5 Å². The Morgan fingerprint density at radius 3 is 1.33 bits per heavy atom. The first-order chi connectivity index (χ1) is 16.1. The minimum atomic E-state index is 0.266. The van der Waals surface area contributed by atoms with Crippen LogP contribution in [0.15, 0.2) is 97.1 Å². The molecule has 0 radical (unpaired) electrons. The summed E-state index contributed by atoms with van der Waals surface area (Å²) in [6.45, 7) is 3.41. The van der Waals surface area contributed by atoms with E-state index in [9.17, 15) is 10.2 Å². The monoisotopic (exact) mass is 440 g/mol. The van der Waals surface area contributed by atoms with Crippen LogP contribution in [0.1, 0.15) is 13.3 Å². The molecule has 0 aliphatic rings. The maximum atomic E-state index is 9.42. The van der Waals surface area contributed by atoms with E-state index < -0.39 is 0 Å². The molecule has 4 heteroatoms. The van der Waals surface area contributed by atoms with Crippen molar-refractivity contribution in [1.29, 1.82) is 0 Å². The zero-order valence-electron chi connectivity index (χ0n) is 18.6. The number of phenols is 2. The molecule has 0 heterocycles. The van der Waals surface area contributed by atoms with E-state index in [4.69, 9.17) is 9.47 Å². The molecule has 4 rings (SSSR count). The Morgan fingerprint density at radius 2 is 0.909 bits per heavy atom. The van der Waals surface area contributed by atoms with Gasteiger partial charge in [0.25, 0.3) is 0 Å². The molecule has 0 saturated heterocycles. The molecule has 2 N–H and O–H groups in total. The number of hydrogen-bond acceptors (Lipinski definition) is 4. The van der Waals surface area contributed by atoms with E-state index in [1.165, 1.54) is 0 Å². The first-order valence-electron chi connectivity index (χ1n) is 11.1. The molecule has 0 saturated carbocycles. The Labute approximate surface area is 194 Å². The summed E-state index contributed by atoms with van der Waals surface area (Å²) < 4.78 is 11.8. The van der Waals surface area contributed by atoms with Crippen molar-refractivity contribution in [3.05, 3.63) is 97.1 Å². The minimum Gasteiger partial charge on any atom is -0.508 e. The number of aromatic hydroxyl groups is 2. The van der Waals surface area contributed by atoms with Crippen LogP contribution in [-0.2, 0) is 0 Å². The summed E-state index contributed by atoms with van der Waals surface area (Å²) in [6.07, 6.45) is 0.894. The maximum Gasteiger partial charge on any atom is 0.119 e. The van der Waals surface area contributed by atoms with Crippen molar-refractivity contribution in [1.82, 2.24) is 0 Å². The number of hydrogen-bond donors (Lipinski definition) is 2. The van der Waals surface area contributed by atoms with Crippen molar-refractivity contribution >= 4 is 0 Å². The lowest BCUT2D eigenvalue weighted by Crippen LogP contribution is -2.12. The number of ether oxygens (including phenoxy) is 2. The molecule has 0 amide bonds. The van der Waals surface area contributed by atoms with Crippen LogP contribution in [0.4, 0.5) is 0 Å². The van der Waals surface area contributed by atoms with Gasteiger partial charge in [0.05, 0.1) is 13.2 Å². The van der Waals surface area contributed by atoms with E-state index in [0.29, 0.717) is 19.1 Å². The van der Waals surface area contributed by atoms with E-state index >= 15 is 0 Å². The third-order valence-electron chi connectivity index (χ3n) is 5.52. The molecule has 4 aromatic rings. The SMILES string of the molecule is CC(CCOc1ccc(-c2ccc(O)cc2)cc1)COc1ccc(-c2ccc(O)cc2)cc1. The van der Waals surface area contributed by atoms with Crippen LogP contribution in [0.5, 0.6) is 23.0 Å². The third kappa shape index (κ3) is 6.30. The summed E-state index contributed by atoms with van der Waals surface area (Å²) >= 11 is 0. The fraction of sp³-hybridized carbons (Fsp3) is 0.172. The van der Waals surface area contributed by atoms with Gasteiger partial charge in [-0.3, -0.25) is 0 Å². The number of benzene rings is 4. The Kier molecular flexibility index (Phi) is 7.16. The maximum absolute atomic E-state index is 9.42. The summed E-state index contributed by atoms with van der Waals surface area (Å²) in [7, 11) is 0. The van der Waals surface area contributed by atoms with Gasteiger partial charge in [0, 0.05) is 0 Å². The Bertz CT molecular complexity index is 1130. The van der Waals surface area contributed by atoms with Gasteiger partial charge in [-0.05, 0) is 83.1 Å². The molecule has 1 unspecified atom stereocenters. The van der Waals surface area contributed by atoms with Gasteiger partial charge in [0.1, 0.15) is 23.0 Å². The molecule has 4 nitrogen and oxygen atoms in total. The molecule has 0 aromatic heterocycles. The predicted octanol–water partition coefficient (Wildman–Crippen LogP) is 6.92. The van der Waals surface area contributed by atoms with Crippen LogP contribution in [0.3, 0.4) is 0 Å². The first-order valence-corrected chi connectivity index (χ1v) is 11.1. The zero-order chi connectivity index (χ0) is 23.0. The Balaban J connectivity index is 1.20. The molecular formula is C29H28O4. The van der Waals surface area contributed by atoms with Crippen LogP contribution in [0.25, 0.3) is 22.3 Å². The second-order valence-corrected chi connectivity index (χ2v) is 8.20. The molecule has 0 aliphatic heterocycles. The number of rotatable bonds is 9. The molecule has 4 aromatic carbocycles. The average molecular weight is 441 g/mol.